The van der Waals surface area contributed by atoms with Crippen LogP contribution in [-0.2, 0) is 6.61 Å². The maximum atomic E-state index is 9.34. The van der Waals surface area contributed by atoms with E-state index in [1.165, 1.54) is 0 Å². The zero-order chi connectivity index (χ0) is 13.1. The second kappa shape index (κ2) is 5.87. The Bertz CT molecular complexity index is 568. The highest BCUT2D eigenvalue weighted by Crippen LogP contribution is 2.33. The molecule has 0 heterocycles. The zero-order valence-electron chi connectivity index (χ0n) is 9.78. The number of hydrogen-bond acceptors (Lipinski definition) is 2. The van der Waals surface area contributed by atoms with Crippen LogP contribution in [0.15, 0.2) is 45.3 Å². The van der Waals surface area contributed by atoms with Crippen LogP contribution >= 0.6 is 31.9 Å². The molecule has 0 amide bonds. The Morgan fingerprint density at radius 3 is 2.44 bits per heavy atom. The number of halogens is 2. The number of aryl methyl sites for hydroxylation is 1. The molecule has 18 heavy (non-hydrogen) atoms. The highest BCUT2D eigenvalue weighted by Gasteiger charge is 2.07. The largest absolute Gasteiger partial charge is 0.456 e. The van der Waals surface area contributed by atoms with Crippen LogP contribution in [0, 0.1) is 6.92 Å². The Hall–Kier alpha value is -0.840. The smallest absolute Gasteiger partial charge is 0.141 e. The molecule has 94 valence electrons. The van der Waals surface area contributed by atoms with Crippen molar-refractivity contribution in [2.45, 2.75) is 13.5 Å². The van der Waals surface area contributed by atoms with Gasteiger partial charge in [-0.3, -0.25) is 0 Å². The summed E-state index contributed by atoms with van der Waals surface area (Å²) in [6, 6.07) is 11.4. The molecule has 0 bridgehead atoms. The lowest BCUT2D eigenvalue weighted by molar-refractivity contribution is 0.276. The van der Waals surface area contributed by atoms with Gasteiger partial charge in [-0.1, -0.05) is 33.6 Å². The van der Waals surface area contributed by atoms with Crippen LogP contribution in [0.3, 0.4) is 0 Å². The van der Waals surface area contributed by atoms with Crippen LogP contribution in [0.4, 0.5) is 0 Å². The zero-order valence-corrected chi connectivity index (χ0v) is 13.0. The number of rotatable bonds is 3. The molecule has 0 aliphatic carbocycles. The minimum atomic E-state index is -0.0365. The first-order valence-corrected chi connectivity index (χ1v) is 7.02. The Balaban J connectivity index is 2.33. The summed E-state index contributed by atoms with van der Waals surface area (Å²) < 4.78 is 7.66. The van der Waals surface area contributed by atoms with E-state index >= 15 is 0 Å². The highest BCUT2D eigenvalue weighted by atomic mass is 79.9. The van der Waals surface area contributed by atoms with E-state index in [9.17, 15) is 5.11 Å². The molecule has 2 nitrogen and oxygen atoms in total. The van der Waals surface area contributed by atoms with E-state index in [1.807, 2.05) is 43.3 Å². The molecule has 2 aromatic rings. The number of hydrogen-bond donors (Lipinski definition) is 1. The Kier molecular flexibility index (Phi) is 4.43. The lowest BCUT2D eigenvalue weighted by Crippen LogP contribution is -1.93. The molecule has 0 aliphatic rings. The third-order valence-corrected chi connectivity index (χ3v) is 3.61. The first kappa shape index (κ1) is 13.6. The summed E-state index contributed by atoms with van der Waals surface area (Å²) in [6.45, 7) is 1.95. The first-order valence-electron chi connectivity index (χ1n) is 5.43. The van der Waals surface area contributed by atoms with Crippen LogP contribution < -0.4 is 4.74 Å². The fourth-order valence-electron chi connectivity index (χ4n) is 1.61. The maximum absolute atomic E-state index is 9.34. The third-order valence-electron chi connectivity index (χ3n) is 2.50. The summed E-state index contributed by atoms with van der Waals surface area (Å²) in [5.41, 5.74) is 1.88. The van der Waals surface area contributed by atoms with Crippen LogP contribution in [0.5, 0.6) is 11.5 Å². The number of aliphatic hydroxyl groups excluding tert-OH is 1. The lowest BCUT2D eigenvalue weighted by Gasteiger charge is -2.12. The molecule has 0 radical (unpaired) electrons. The van der Waals surface area contributed by atoms with Crippen molar-refractivity contribution in [2.75, 3.05) is 0 Å². The summed E-state index contributed by atoms with van der Waals surface area (Å²) in [5.74, 6) is 1.39. The molecule has 0 aromatic heterocycles. The van der Waals surface area contributed by atoms with E-state index < -0.39 is 0 Å². The van der Waals surface area contributed by atoms with E-state index in [0.717, 1.165) is 25.8 Å². The van der Waals surface area contributed by atoms with E-state index in [-0.39, 0.29) is 6.61 Å². The number of benzene rings is 2. The summed E-state index contributed by atoms with van der Waals surface area (Å²) in [4.78, 5) is 0. The van der Waals surface area contributed by atoms with E-state index in [4.69, 9.17) is 4.74 Å². The monoisotopic (exact) mass is 370 g/mol. The molecule has 1 N–H and O–H groups in total. The van der Waals surface area contributed by atoms with Crippen molar-refractivity contribution < 1.29 is 9.84 Å². The standard InChI is InChI=1S/C14H12Br2O2/c1-9-2-4-13(10(6-9)8-17)18-14-5-3-11(15)7-12(14)16/h2-7,17H,8H2,1H3. The van der Waals surface area contributed by atoms with E-state index in [2.05, 4.69) is 31.9 Å². The average molecular weight is 372 g/mol. The topological polar surface area (TPSA) is 29.5 Å². The lowest BCUT2D eigenvalue weighted by atomic mass is 10.1. The summed E-state index contributed by atoms with van der Waals surface area (Å²) in [5, 5.41) is 9.34. The fraction of sp³-hybridized carbons (Fsp3) is 0.143. The van der Waals surface area contributed by atoms with Gasteiger partial charge >= 0.3 is 0 Å². The maximum Gasteiger partial charge on any atom is 0.141 e. The third kappa shape index (κ3) is 3.13. The van der Waals surface area contributed by atoms with Gasteiger partial charge in [0.05, 0.1) is 11.1 Å². The predicted octanol–water partition coefficient (Wildman–Crippen LogP) is 4.80. The predicted molar refractivity (Wildman–Crippen MR) is 79.0 cm³/mol. The molecule has 4 heteroatoms. The van der Waals surface area contributed by atoms with Crippen molar-refractivity contribution in [1.29, 1.82) is 0 Å². The molecular formula is C14H12Br2O2. The number of aliphatic hydroxyl groups is 1. The Morgan fingerprint density at radius 1 is 1.06 bits per heavy atom. The van der Waals surface area contributed by atoms with Crippen molar-refractivity contribution in [3.8, 4) is 11.5 Å². The van der Waals surface area contributed by atoms with E-state index in [1.54, 1.807) is 0 Å². The molecule has 0 fully saturated rings. The molecular weight excluding hydrogens is 360 g/mol. The van der Waals surface area contributed by atoms with Crippen molar-refractivity contribution in [2.24, 2.45) is 0 Å². The second-order valence-electron chi connectivity index (χ2n) is 3.95. The minimum Gasteiger partial charge on any atom is -0.456 e. The van der Waals surface area contributed by atoms with E-state index in [0.29, 0.717) is 5.75 Å². The van der Waals surface area contributed by atoms with Crippen LogP contribution in [-0.4, -0.2) is 5.11 Å². The molecule has 0 aliphatic heterocycles. The van der Waals surface area contributed by atoms with Crippen LogP contribution in [0.25, 0.3) is 0 Å². The summed E-state index contributed by atoms with van der Waals surface area (Å²) >= 11 is 6.84. The molecule has 0 unspecified atom stereocenters. The van der Waals surface area contributed by atoms with Crippen molar-refractivity contribution >= 4 is 31.9 Å². The first-order chi connectivity index (χ1) is 8.60. The van der Waals surface area contributed by atoms with Crippen molar-refractivity contribution in [3.05, 3.63) is 56.5 Å². The van der Waals surface area contributed by atoms with Gasteiger partial charge in [-0.15, -0.1) is 0 Å². The average Bonchev–Trinajstić information content (AvgIpc) is 2.34. The summed E-state index contributed by atoms with van der Waals surface area (Å²) in [6.07, 6.45) is 0. The van der Waals surface area contributed by atoms with Gasteiger partial charge in [0.1, 0.15) is 11.5 Å². The van der Waals surface area contributed by atoms with Gasteiger partial charge in [0.25, 0.3) is 0 Å². The van der Waals surface area contributed by atoms with Gasteiger partial charge in [-0.2, -0.15) is 0 Å². The van der Waals surface area contributed by atoms with Crippen molar-refractivity contribution in [1.82, 2.24) is 0 Å². The molecule has 0 atom stereocenters. The Morgan fingerprint density at radius 2 is 1.78 bits per heavy atom. The normalized spacial score (nSPS) is 10.4. The number of ether oxygens (including phenoxy) is 1. The van der Waals surface area contributed by atoms with Gasteiger partial charge < -0.3 is 9.84 Å². The summed E-state index contributed by atoms with van der Waals surface area (Å²) in [7, 11) is 0. The molecule has 2 rings (SSSR count). The quantitative estimate of drug-likeness (QED) is 0.839. The second-order valence-corrected chi connectivity index (χ2v) is 5.72. The molecule has 0 spiro atoms. The molecule has 0 saturated carbocycles. The Labute approximate surface area is 123 Å². The van der Waals surface area contributed by atoms with Gasteiger partial charge in [-0.25, -0.2) is 0 Å². The van der Waals surface area contributed by atoms with Crippen LogP contribution in [0.1, 0.15) is 11.1 Å². The molecule has 2 aromatic carbocycles. The SMILES string of the molecule is Cc1ccc(Oc2ccc(Br)cc2Br)c(CO)c1. The van der Waals surface area contributed by atoms with Gasteiger partial charge in [0, 0.05) is 10.0 Å². The minimum absolute atomic E-state index is 0.0365. The van der Waals surface area contributed by atoms with Gasteiger partial charge in [0.15, 0.2) is 0 Å². The molecule has 0 saturated heterocycles. The fourth-order valence-corrected chi connectivity index (χ4v) is 2.74. The van der Waals surface area contributed by atoms with Gasteiger partial charge in [0.2, 0.25) is 0 Å². The highest BCUT2D eigenvalue weighted by molar-refractivity contribution is 9.11. The van der Waals surface area contributed by atoms with Crippen LogP contribution in [0.2, 0.25) is 0 Å². The van der Waals surface area contributed by atoms with Gasteiger partial charge in [-0.05, 0) is 47.1 Å². The van der Waals surface area contributed by atoms with Crippen molar-refractivity contribution in [3.63, 3.8) is 0 Å².